The monoisotopic (exact) mass is 404 g/mol. The van der Waals surface area contributed by atoms with Crippen molar-refractivity contribution in [3.05, 3.63) is 64.7 Å². The minimum atomic E-state index is -3.86. The average Bonchev–Trinajstić information content (AvgIpc) is 2.61. The molecule has 7 heteroatoms. The summed E-state index contributed by atoms with van der Waals surface area (Å²) in [5, 5.41) is 2.69. The van der Waals surface area contributed by atoms with Gasteiger partial charge in [-0.3, -0.25) is 4.79 Å². The van der Waals surface area contributed by atoms with Crippen LogP contribution in [0.1, 0.15) is 22.3 Å². The van der Waals surface area contributed by atoms with Crippen molar-refractivity contribution in [2.45, 2.75) is 32.2 Å². The summed E-state index contributed by atoms with van der Waals surface area (Å²) in [5.74, 6) is -0.362. The van der Waals surface area contributed by atoms with Crippen LogP contribution in [0.25, 0.3) is 0 Å². The summed E-state index contributed by atoms with van der Waals surface area (Å²) < 4.78 is 33.1. The molecule has 0 aliphatic carbocycles. The summed E-state index contributed by atoms with van der Waals surface area (Å²) in [6.07, 6.45) is 0. The fraction of sp³-hybridized carbons (Fsp3) is 0.381. The van der Waals surface area contributed by atoms with Gasteiger partial charge in [-0.2, -0.15) is 4.31 Å². The van der Waals surface area contributed by atoms with E-state index in [9.17, 15) is 13.2 Å². The van der Waals surface area contributed by atoms with Crippen LogP contribution in [0.5, 0.6) is 0 Å². The van der Waals surface area contributed by atoms with Crippen LogP contribution >= 0.6 is 0 Å². The number of carbonyl (C=O) groups is 1. The van der Waals surface area contributed by atoms with Gasteiger partial charge in [-0.25, -0.2) is 8.42 Å². The number of carbonyl (C=O) groups excluding carboxylic acids is 1. The minimum Gasteiger partial charge on any atom is -0.383 e. The summed E-state index contributed by atoms with van der Waals surface area (Å²) in [5.41, 5.74) is 3.17. The second-order valence-corrected chi connectivity index (χ2v) is 8.70. The van der Waals surface area contributed by atoms with Gasteiger partial charge in [0.2, 0.25) is 15.9 Å². The number of ether oxygens (including phenoxy) is 1. The van der Waals surface area contributed by atoms with Gasteiger partial charge in [-0.1, -0.05) is 48.0 Å². The van der Waals surface area contributed by atoms with E-state index in [1.165, 1.54) is 4.31 Å². The van der Waals surface area contributed by atoms with E-state index in [4.69, 9.17) is 4.74 Å². The van der Waals surface area contributed by atoms with Gasteiger partial charge in [0.1, 0.15) is 0 Å². The maximum atomic E-state index is 13.5. The zero-order valence-corrected chi connectivity index (χ0v) is 17.7. The zero-order chi connectivity index (χ0) is 20.7. The molecule has 0 saturated heterocycles. The van der Waals surface area contributed by atoms with Crippen LogP contribution in [-0.2, 0) is 26.1 Å². The van der Waals surface area contributed by atoms with E-state index in [1.54, 1.807) is 21.0 Å². The van der Waals surface area contributed by atoms with Gasteiger partial charge in [0, 0.05) is 20.2 Å². The van der Waals surface area contributed by atoms with Crippen molar-refractivity contribution in [1.29, 1.82) is 0 Å². The first-order valence-electron chi connectivity index (χ1n) is 9.13. The molecule has 0 heterocycles. The highest BCUT2D eigenvalue weighted by Crippen LogP contribution is 2.26. The van der Waals surface area contributed by atoms with Gasteiger partial charge in [0.05, 0.1) is 18.0 Å². The Bertz CT molecular complexity index is 888. The summed E-state index contributed by atoms with van der Waals surface area (Å²) >= 11 is 0. The first-order chi connectivity index (χ1) is 13.3. The predicted octanol–water partition coefficient (Wildman–Crippen LogP) is 2.57. The lowest BCUT2D eigenvalue weighted by atomic mass is 10.1. The Labute approximate surface area is 167 Å². The molecule has 1 N–H and O–H groups in total. The second kappa shape index (κ2) is 9.82. The summed E-state index contributed by atoms with van der Waals surface area (Å²) in [7, 11) is -2.32. The van der Waals surface area contributed by atoms with Crippen molar-refractivity contribution in [3.63, 3.8) is 0 Å². The quantitative estimate of drug-likeness (QED) is 0.652. The van der Waals surface area contributed by atoms with Crippen LogP contribution in [0.15, 0.2) is 47.4 Å². The number of hydrogen-bond donors (Lipinski definition) is 1. The third-order valence-electron chi connectivity index (χ3n) is 4.35. The van der Waals surface area contributed by atoms with Crippen molar-refractivity contribution >= 4 is 15.9 Å². The fourth-order valence-electron chi connectivity index (χ4n) is 3.22. The first-order valence-corrected chi connectivity index (χ1v) is 10.6. The van der Waals surface area contributed by atoms with Crippen LogP contribution < -0.4 is 5.32 Å². The molecule has 2 aromatic rings. The number of benzene rings is 2. The molecular formula is C21H28N2O4S. The number of methoxy groups -OCH3 is 1. The number of amides is 1. The molecule has 2 aromatic carbocycles. The molecule has 1 amide bonds. The number of aryl methyl sites for hydroxylation is 3. The van der Waals surface area contributed by atoms with Crippen LogP contribution in [0.4, 0.5) is 0 Å². The van der Waals surface area contributed by atoms with Gasteiger partial charge in [-0.15, -0.1) is 0 Å². The molecule has 0 spiro atoms. The van der Waals surface area contributed by atoms with Crippen molar-refractivity contribution in [2.75, 3.05) is 26.8 Å². The lowest BCUT2D eigenvalue weighted by Gasteiger charge is -2.24. The standard InChI is InChI=1S/C21H28N2O4S/c1-16-12-17(2)21(18(3)13-16)28(25,26)23(14-19-8-6-5-7-9-19)15-20(24)22-10-11-27-4/h5-9,12-13H,10-11,14-15H2,1-4H3,(H,22,24). The normalized spacial score (nSPS) is 11.6. The number of nitrogens with one attached hydrogen (secondary N) is 1. The molecule has 152 valence electrons. The lowest BCUT2D eigenvalue weighted by molar-refractivity contribution is -0.121. The molecule has 0 saturated carbocycles. The van der Waals surface area contributed by atoms with E-state index in [0.29, 0.717) is 24.3 Å². The molecule has 0 fully saturated rings. The smallest absolute Gasteiger partial charge is 0.244 e. The van der Waals surface area contributed by atoms with Gasteiger partial charge >= 0.3 is 0 Å². The highest BCUT2D eigenvalue weighted by molar-refractivity contribution is 7.89. The summed E-state index contributed by atoms with van der Waals surface area (Å²) in [4.78, 5) is 12.6. The molecular weight excluding hydrogens is 376 g/mol. The van der Waals surface area contributed by atoms with Crippen LogP contribution in [0.2, 0.25) is 0 Å². The van der Waals surface area contributed by atoms with Gasteiger partial charge < -0.3 is 10.1 Å². The molecule has 0 bridgehead atoms. The Hall–Kier alpha value is -2.22. The second-order valence-electron chi connectivity index (χ2n) is 6.83. The number of sulfonamides is 1. The maximum absolute atomic E-state index is 13.5. The Balaban J connectivity index is 2.38. The van der Waals surface area contributed by atoms with Gasteiger partial charge in [-0.05, 0) is 37.5 Å². The molecule has 0 atom stereocenters. The molecule has 6 nitrogen and oxygen atoms in total. The third kappa shape index (κ3) is 5.64. The third-order valence-corrected chi connectivity index (χ3v) is 6.45. The van der Waals surface area contributed by atoms with E-state index in [1.807, 2.05) is 49.4 Å². The van der Waals surface area contributed by atoms with E-state index in [0.717, 1.165) is 11.1 Å². The number of hydrogen-bond acceptors (Lipinski definition) is 4. The Kier molecular flexibility index (Phi) is 7.74. The maximum Gasteiger partial charge on any atom is 0.244 e. The number of nitrogens with zero attached hydrogens (tertiary/aromatic N) is 1. The lowest BCUT2D eigenvalue weighted by Crippen LogP contribution is -2.41. The van der Waals surface area contributed by atoms with Gasteiger partial charge in [0.15, 0.2) is 0 Å². The molecule has 2 rings (SSSR count). The molecule has 28 heavy (non-hydrogen) atoms. The number of rotatable bonds is 9. The summed E-state index contributed by atoms with van der Waals surface area (Å²) in [6, 6.07) is 13.0. The SMILES string of the molecule is COCCNC(=O)CN(Cc1ccccc1)S(=O)(=O)c1c(C)cc(C)cc1C. The van der Waals surface area contributed by atoms with Crippen LogP contribution in [-0.4, -0.2) is 45.4 Å². The largest absolute Gasteiger partial charge is 0.383 e. The van der Waals surface area contributed by atoms with Crippen molar-refractivity contribution in [1.82, 2.24) is 9.62 Å². The average molecular weight is 405 g/mol. The molecule has 0 aliphatic rings. The van der Waals surface area contributed by atoms with Crippen molar-refractivity contribution in [2.24, 2.45) is 0 Å². The van der Waals surface area contributed by atoms with E-state index >= 15 is 0 Å². The van der Waals surface area contributed by atoms with Crippen molar-refractivity contribution in [3.8, 4) is 0 Å². The van der Waals surface area contributed by atoms with E-state index in [-0.39, 0.29) is 23.9 Å². The first kappa shape index (κ1) is 22.1. The molecule has 0 unspecified atom stereocenters. The molecule has 0 radical (unpaired) electrons. The van der Waals surface area contributed by atoms with Gasteiger partial charge in [0.25, 0.3) is 0 Å². The molecule has 0 aliphatic heterocycles. The Morgan fingerprint density at radius 1 is 1.07 bits per heavy atom. The van der Waals surface area contributed by atoms with Crippen LogP contribution in [0, 0.1) is 20.8 Å². The van der Waals surface area contributed by atoms with Crippen LogP contribution in [0.3, 0.4) is 0 Å². The summed E-state index contributed by atoms with van der Waals surface area (Å²) in [6.45, 7) is 6.06. The highest BCUT2D eigenvalue weighted by atomic mass is 32.2. The fourth-order valence-corrected chi connectivity index (χ4v) is 5.02. The zero-order valence-electron chi connectivity index (χ0n) is 16.9. The Morgan fingerprint density at radius 2 is 1.68 bits per heavy atom. The highest BCUT2D eigenvalue weighted by Gasteiger charge is 2.29. The minimum absolute atomic E-state index is 0.119. The topological polar surface area (TPSA) is 75.7 Å². The Morgan fingerprint density at radius 3 is 2.25 bits per heavy atom. The van der Waals surface area contributed by atoms with E-state index in [2.05, 4.69) is 5.32 Å². The van der Waals surface area contributed by atoms with E-state index < -0.39 is 10.0 Å². The predicted molar refractivity (Wildman–Crippen MR) is 110 cm³/mol. The molecule has 0 aromatic heterocycles. The van der Waals surface area contributed by atoms with Crippen molar-refractivity contribution < 1.29 is 17.9 Å².